The second-order valence-electron chi connectivity index (χ2n) is 5.17. The number of hydrogen-bond donors (Lipinski definition) is 0. The molecule has 0 aromatic carbocycles. The number of rotatable bonds is 0. The summed E-state index contributed by atoms with van der Waals surface area (Å²) < 4.78 is 5.27. The smallest absolute Gasteiger partial charge is 0.410 e. The number of nitrogens with zero attached hydrogens (tertiary/aromatic N) is 3. The van der Waals surface area contributed by atoms with Gasteiger partial charge < -0.3 is 9.64 Å². The zero-order valence-corrected chi connectivity index (χ0v) is 11.0. The number of ether oxygens (including phenoxy) is 1. The minimum Gasteiger partial charge on any atom is -0.444 e. The van der Waals surface area contributed by atoms with Crippen molar-refractivity contribution >= 4 is 6.09 Å². The van der Waals surface area contributed by atoms with Crippen molar-refractivity contribution in [2.45, 2.75) is 39.2 Å². The summed E-state index contributed by atoms with van der Waals surface area (Å²) in [7, 11) is 0. The van der Waals surface area contributed by atoms with E-state index in [4.69, 9.17) is 15.3 Å². The van der Waals surface area contributed by atoms with Gasteiger partial charge in [-0.2, -0.15) is 10.5 Å². The first kappa shape index (κ1) is 14.1. The van der Waals surface area contributed by atoms with Crippen molar-refractivity contribution in [1.29, 1.82) is 10.5 Å². The molecule has 0 N–H and O–H groups in total. The first-order valence-corrected chi connectivity index (χ1v) is 5.87. The van der Waals surface area contributed by atoms with Crippen LogP contribution in [0.1, 0.15) is 33.6 Å². The first-order valence-electron chi connectivity index (χ1n) is 5.87. The molecule has 1 heterocycles. The molecule has 0 aliphatic carbocycles. The number of piperidine rings is 1. The van der Waals surface area contributed by atoms with Gasteiger partial charge in [-0.1, -0.05) is 0 Å². The maximum Gasteiger partial charge on any atom is 0.410 e. The molecule has 0 unspecified atom stereocenters. The fraction of sp³-hybridized carbons (Fsp3) is 0.615. The molecule has 0 aromatic rings. The van der Waals surface area contributed by atoms with Crippen molar-refractivity contribution in [3.63, 3.8) is 0 Å². The number of nitriles is 2. The van der Waals surface area contributed by atoms with Crippen LogP contribution >= 0.6 is 0 Å². The van der Waals surface area contributed by atoms with E-state index in [-0.39, 0.29) is 11.7 Å². The second kappa shape index (κ2) is 5.55. The van der Waals surface area contributed by atoms with Gasteiger partial charge in [-0.05, 0) is 39.2 Å². The molecule has 96 valence electrons. The lowest BCUT2D eigenvalue weighted by atomic mass is 9.99. The van der Waals surface area contributed by atoms with Gasteiger partial charge in [0.25, 0.3) is 0 Å². The number of amides is 1. The molecule has 0 bridgehead atoms. The molecular weight excluding hydrogens is 230 g/mol. The molecule has 0 spiro atoms. The molecule has 1 aliphatic heterocycles. The van der Waals surface area contributed by atoms with Gasteiger partial charge in [0.05, 0.1) is 0 Å². The van der Waals surface area contributed by atoms with Gasteiger partial charge in [-0.15, -0.1) is 0 Å². The zero-order chi connectivity index (χ0) is 13.8. The third kappa shape index (κ3) is 3.78. The minimum atomic E-state index is -0.502. The molecular formula is C13H17N3O2. The maximum atomic E-state index is 11.8. The average Bonchev–Trinajstić information content (AvgIpc) is 2.29. The van der Waals surface area contributed by atoms with E-state index in [0.29, 0.717) is 25.9 Å². The lowest BCUT2D eigenvalue weighted by Crippen LogP contribution is -2.40. The van der Waals surface area contributed by atoms with E-state index in [2.05, 4.69) is 0 Å². The van der Waals surface area contributed by atoms with Crippen molar-refractivity contribution in [3.05, 3.63) is 11.1 Å². The van der Waals surface area contributed by atoms with E-state index in [1.54, 1.807) is 4.90 Å². The number of allylic oxidation sites excluding steroid dienone is 1. The summed E-state index contributed by atoms with van der Waals surface area (Å²) in [6.07, 6.45) is 0.794. The lowest BCUT2D eigenvalue weighted by Gasteiger charge is -2.30. The highest BCUT2D eigenvalue weighted by molar-refractivity contribution is 5.68. The van der Waals surface area contributed by atoms with Gasteiger partial charge in [0.15, 0.2) is 0 Å². The van der Waals surface area contributed by atoms with Crippen molar-refractivity contribution in [2.24, 2.45) is 0 Å². The standard InChI is InChI=1S/C13H17N3O2/c1-13(2,3)18-12(17)16-6-4-10(5-7-16)11(8-14)9-15/h4-7H2,1-3H3. The Balaban J connectivity index is 2.61. The van der Waals surface area contributed by atoms with Crippen LogP contribution in [0.4, 0.5) is 4.79 Å². The Kier molecular flexibility index (Phi) is 4.33. The van der Waals surface area contributed by atoms with E-state index in [9.17, 15) is 4.79 Å². The molecule has 1 fully saturated rings. The van der Waals surface area contributed by atoms with E-state index < -0.39 is 5.60 Å². The Morgan fingerprint density at radius 1 is 1.22 bits per heavy atom. The molecule has 0 radical (unpaired) electrons. The first-order chi connectivity index (χ1) is 8.37. The summed E-state index contributed by atoms with van der Waals surface area (Å²) in [5.74, 6) is 0. The summed E-state index contributed by atoms with van der Waals surface area (Å²) in [5, 5.41) is 17.5. The number of carbonyl (C=O) groups excluding carboxylic acids is 1. The van der Waals surface area contributed by atoms with Crippen LogP contribution in [0.3, 0.4) is 0 Å². The Hall–Kier alpha value is -2.01. The van der Waals surface area contributed by atoms with E-state index in [1.807, 2.05) is 32.9 Å². The Morgan fingerprint density at radius 2 is 1.72 bits per heavy atom. The van der Waals surface area contributed by atoms with Gasteiger partial charge in [0, 0.05) is 13.1 Å². The molecule has 0 atom stereocenters. The van der Waals surface area contributed by atoms with Crippen LogP contribution in [0.2, 0.25) is 0 Å². The van der Waals surface area contributed by atoms with Crippen molar-refractivity contribution in [3.8, 4) is 12.1 Å². The Morgan fingerprint density at radius 3 is 2.11 bits per heavy atom. The van der Waals surface area contributed by atoms with Crippen LogP contribution in [0.5, 0.6) is 0 Å². The largest absolute Gasteiger partial charge is 0.444 e. The summed E-state index contributed by atoms with van der Waals surface area (Å²) in [6, 6.07) is 3.78. The lowest BCUT2D eigenvalue weighted by molar-refractivity contribution is 0.0236. The predicted molar refractivity (Wildman–Crippen MR) is 65.3 cm³/mol. The van der Waals surface area contributed by atoms with Crippen LogP contribution in [0.25, 0.3) is 0 Å². The molecule has 0 aromatic heterocycles. The number of hydrogen-bond acceptors (Lipinski definition) is 4. The van der Waals surface area contributed by atoms with Crippen molar-refractivity contribution in [1.82, 2.24) is 4.90 Å². The summed E-state index contributed by atoms with van der Waals surface area (Å²) in [4.78, 5) is 13.4. The fourth-order valence-corrected chi connectivity index (χ4v) is 1.72. The molecule has 1 rings (SSSR count). The molecule has 5 heteroatoms. The van der Waals surface area contributed by atoms with Crippen LogP contribution in [-0.4, -0.2) is 29.7 Å². The zero-order valence-electron chi connectivity index (χ0n) is 11.0. The van der Waals surface area contributed by atoms with Crippen LogP contribution in [0.15, 0.2) is 11.1 Å². The van der Waals surface area contributed by atoms with E-state index in [1.165, 1.54) is 0 Å². The highest BCUT2D eigenvalue weighted by Crippen LogP contribution is 2.21. The quantitative estimate of drug-likeness (QED) is 0.616. The highest BCUT2D eigenvalue weighted by atomic mass is 16.6. The summed E-state index contributed by atoms with van der Waals surface area (Å²) in [5.41, 5.74) is 0.510. The molecule has 18 heavy (non-hydrogen) atoms. The Bertz CT molecular complexity index is 420. The van der Waals surface area contributed by atoms with Crippen LogP contribution in [-0.2, 0) is 4.74 Å². The number of likely N-dealkylation sites (tertiary alicyclic amines) is 1. The van der Waals surface area contributed by atoms with Gasteiger partial charge in [0.1, 0.15) is 23.3 Å². The van der Waals surface area contributed by atoms with Crippen LogP contribution in [0, 0.1) is 22.7 Å². The number of carbonyl (C=O) groups is 1. The fourth-order valence-electron chi connectivity index (χ4n) is 1.72. The summed E-state index contributed by atoms with van der Waals surface area (Å²) >= 11 is 0. The average molecular weight is 247 g/mol. The Labute approximate surface area is 107 Å². The maximum absolute atomic E-state index is 11.8. The topological polar surface area (TPSA) is 77.1 Å². The third-order valence-electron chi connectivity index (χ3n) is 2.60. The van der Waals surface area contributed by atoms with E-state index in [0.717, 1.165) is 5.57 Å². The molecule has 1 saturated heterocycles. The van der Waals surface area contributed by atoms with Crippen LogP contribution < -0.4 is 0 Å². The van der Waals surface area contributed by atoms with Crippen molar-refractivity contribution in [2.75, 3.05) is 13.1 Å². The van der Waals surface area contributed by atoms with Gasteiger partial charge in [-0.3, -0.25) is 0 Å². The molecule has 1 aliphatic rings. The van der Waals surface area contributed by atoms with E-state index >= 15 is 0 Å². The molecule has 5 nitrogen and oxygen atoms in total. The monoisotopic (exact) mass is 247 g/mol. The van der Waals surface area contributed by atoms with Gasteiger partial charge in [0.2, 0.25) is 0 Å². The third-order valence-corrected chi connectivity index (χ3v) is 2.60. The molecule has 1 amide bonds. The SMILES string of the molecule is CC(C)(C)OC(=O)N1CCC(=C(C#N)C#N)CC1. The molecule has 0 saturated carbocycles. The normalized spacial score (nSPS) is 15.6. The summed E-state index contributed by atoms with van der Waals surface area (Å²) in [6.45, 7) is 6.46. The highest BCUT2D eigenvalue weighted by Gasteiger charge is 2.25. The van der Waals surface area contributed by atoms with Gasteiger partial charge >= 0.3 is 6.09 Å². The second-order valence-corrected chi connectivity index (χ2v) is 5.17. The predicted octanol–water partition coefficient (Wildman–Crippen LogP) is 2.36. The minimum absolute atomic E-state index is 0.179. The van der Waals surface area contributed by atoms with Gasteiger partial charge in [-0.25, -0.2) is 4.79 Å². The van der Waals surface area contributed by atoms with Crippen molar-refractivity contribution < 1.29 is 9.53 Å².